The van der Waals surface area contributed by atoms with Crippen LogP contribution in [0.1, 0.15) is 17.3 Å². The lowest BCUT2D eigenvalue weighted by Gasteiger charge is -2.29. The molecule has 3 rings (SSSR count). The van der Waals surface area contributed by atoms with Crippen molar-refractivity contribution in [1.82, 2.24) is 10.2 Å². The second kappa shape index (κ2) is 7.92. The van der Waals surface area contributed by atoms with Crippen LogP contribution in [0.5, 0.6) is 0 Å². The molecule has 1 unspecified atom stereocenters. The summed E-state index contributed by atoms with van der Waals surface area (Å²) in [4.78, 5) is 26.3. The highest BCUT2D eigenvalue weighted by molar-refractivity contribution is 7.91. The van der Waals surface area contributed by atoms with Crippen LogP contribution in [0.25, 0.3) is 11.1 Å². The van der Waals surface area contributed by atoms with Gasteiger partial charge < -0.3 is 10.2 Å². The summed E-state index contributed by atoms with van der Waals surface area (Å²) in [6.45, 7) is 1.96. The van der Waals surface area contributed by atoms with E-state index in [2.05, 4.69) is 5.32 Å². The van der Waals surface area contributed by atoms with Crippen LogP contribution < -0.4 is 5.32 Å². The SMILES string of the molecule is CC(NC(=O)c1ccc(-c2ccccc2)cc1)C(=O)N1CCS(=O)(=O)CC1. The summed E-state index contributed by atoms with van der Waals surface area (Å²) >= 11 is 0. The van der Waals surface area contributed by atoms with E-state index in [0.29, 0.717) is 5.56 Å². The Morgan fingerprint density at radius 1 is 0.926 bits per heavy atom. The molecule has 7 heteroatoms. The van der Waals surface area contributed by atoms with Crippen LogP contribution >= 0.6 is 0 Å². The van der Waals surface area contributed by atoms with E-state index in [1.165, 1.54) is 4.90 Å². The predicted molar refractivity (Wildman–Crippen MR) is 104 cm³/mol. The van der Waals surface area contributed by atoms with Gasteiger partial charge in [0.2, 0.25) is 5.91 Å². The van der Waals surface area contributed by atoms with Gasteiger partial charge in [-0.2, -0.15) is 0 Å². The second-order valence-corrected chi connectivity index (χ2v) is 8.92. The molecule has 1 aliphatic rings. The van der Waals surface area contributed by atoms with E-state index >= 15 is 0 Å². The maximum atomic E-state index is 12.4. The normalized spacial score (nSPS) is 17.1. The van der Waals surface area contributed by atoms with Crippen molar-refractivity contribution in [3.05, 3.63) is 60.2 Å². The molecule has 142 valence electrons. The molecular formula is C20H22N2O4S. The van der Waals surface area contributed by atoms with Crippen molar-refractivity contribution in [2.45, 2.75) is 13.0 Å². The number of hydrogen-bond donors (Lipinski definition) is 1. The summed E-state index contributed by atoms with van der Waals surface area (Å²) in [6.07, 6.45) is 0. The predicted octanol–water partition coefficient (Wildman–Crippen LogP) is 1.73. The Bertz CT molecular complexity index is 910. The maximum absolute atomic E-state index is 12.4. The van der Waals surface area contributed by atoms with Gasteiger partial charge in [0.1, 0.15) is 6.04 Å². The Kier molecular flexibility index (Phi) is 5.60. The van der Waals surface area contributed by atoms with Crippen LogP contribution in [0.4, 0.5) is 0 Å². The fourth-order valence-corrected chi connectivity index (χ4v) is 4.19. The van der Waals surface area contributed by atoms with Crippen LogP contribution in [-0.4, -0.2) is 55.8 Å². The van der Waals surface area contributed by atoms with Crippen molar-refractivity contribution in [2.24, 2.45) is 0 Å². The van der Waals surface area contributed by atoms with Gasteiger partial charge in [0.05, 0.1) is 11.5 Å². The van der Waals surface area contributed by atoms with Gasteiger partial charge in [-0.25, -0.2) is 8.42 Å². The van der Waals surface area contributed by atoms with Crippen LogP contribution in [0.15, 0.2) is 54.6 Å². The number of nitrogens with one attached hydrogen (secondary N) is 1. The summed E-state index contributed by atoms with van der Waals surface area (Å²) in [7, 11) is -3.05. The summed E-state index contributed by atoms with van der Waals surface area (Å²) in [6, 6.07) is 16.3. The first kappa shape index (κ1) is 19.1. The van der Waals surface area contributed by atoms with E-state index in [9.17, 15) is 18.0 Å². The Morgan fingerprint density at radius 2 is 1.48 bits per heavy atom. The molecule has 1 fully saturated rings. The minimum Gasteiger partial charge on any atom is -0.341 e. The van der Waals surface area contributed by atoms with Crippen molar-refractivity contribution in [3.8, 4) is 11.1 Å². The standard InChI is InChI=1S/C20H22N2O4S/c1-15(20(24)22-11-13-27(25,26)14-12-22)21-19(23)18-9-7-17(8-10-18)16-5-3-2-4-6-16/h2-10,15H,11-14H2,1H3,(H,21,23). The molecule has 1 heterocycles. The van der Waals surface area contributed by atoms with Crippen molar-refractivity contribution in [1.29, 1.82) is 0 Å². The number of carbonyl (C=O) groups excluding carboxylic acids is 2. The van der Waals surface area contributed by atoms with Gasteiger partial charge in [0, 0.05) is 18.7 Å². The zero-order chi connectivity index (χ0) is 19.4. The van der Waals surface area contributed by atoms with Gasteiger partial charge in [0.15, 0.2) is 9.84 Å². The number of benzene rings is 2. The summed E-state index contributed by atoms with van der Waals surface area (Å²) < 4.78 is 22.9. The third-order valence-corrected chi connectivity index (χ3v) is 6.24. The number of rotatable bonds is 4. The largest absolute Gasteiger partial charge is 0.341 e. The average molecular weight is 386 g/mol. The first-order chi connectivity index (χ1) is 12.9. The van der Waals surface area contributed by atoms with Crippen molar-refractivity contribution < 1.29 is 18.0 Å². The number of carbonyl (C=O) groups is 2. The third kappa shape index (κ3) is 4.74. The summed E-state index contributed by atoms with van der Waals surface area (Å²) in [5.74, 6) is -0.653. The van der Waals surface area contributed by atoms with E-state index in [0.717, 1.165) is 11.1 Å². The first-order valence-electron chi connectivity index (χ1n) is 8.81. The molecule has 6 nitrogen and oxygen atoms in total. The summed E-state index contributed by atoms with van der Waals surface area (Å²) in [5.41, 5.74) is 2.54. The molecule has 0 aliphatic carbocycles. The molecule has 2 aromatic rings. The molecule has 0 aromatic heterocycles. The molecule has 1 atom stereocenters. The Labute approximate surface area is 159 Å². The molecule has 0 bridgehead atoms. The van der Waals surface area contributed by atoms with Gasteiger partial charge in [-0.1, -0.05) is 42.5 Å². The van der Waals surface area contributed by atoms with Gasteiger partial charge in [-0.3, -0.25) is 9.59 Å². The first-order valence-corrected chi connectivity index (χ1v) is 10.6. The highest BCUT2D eigenvalue weighted by Gasteiger charge is 2.28. The Morgan fingerprint density at radius 3 is 2.07 bits per heavy atom. The molecule has 27 heavy (non-hydrogen) atoms. The van der Waals surface area contributed by atoms with Crippen LogP contribution in [-0.2, 0) is 14.6 Å². The zero-order valence-electron chi connectivity index (χ0n) is 15.1. The molecule has 1 saturated heterocycles. The van der Waals surface area contributed by atoms with E-state index in [1.54, 1.807) is 19.1 Å². The minimum atomic E-state index is -3.05. The van der Waals surface area contributed by atoms with E-state index < -0.39 is 15.9 Å². The van der Waals surface area contributed by atoms with E-state index in [4.69, 9.17) is 0 Å². The van der Waals surface area contributed by atoms with Gasteiger partial charge in [-0.05, 0) is 30.2 Å². The van der Waals surface area contributed by atoms with Crippen LogP contribution in [0.2, 0.25) is 0 Å². The lowest BCUT2D eigenvalue weighted by Crippen LogP contribution is -2.51. The average Bonchev–Trinajstić information content (AvgIpc) is 2.68. The second-order valence-electron chi connectivity index (χ2n) is 6.62. The number of sulfone groups is 1. The highest BCUT2D eigenvalue weighted by atomic mass is 32.2. The van der Waals surface area contributed by atoms with Crippen molar-refractivity contribution in [2.75, 3.05) is 24.6 Å². The Balaban J connectivity index is 1.60. The molecule has 1 N–H and O–H groups in total. The van der Waals surface area contributed by atoms with Crippen LogP contribution in [0, 0.1) is 0 Å². The number of nitrogens with zero attached hydrogens (tertiary/aromatic N) is 1. The summed E-state index contributed by atoms with van der Waals surface area (Å²) in [5, 5.41) is 2.69. The molecule has 2 aromatic carbocycles. The lowest BCUT2D eigenvalue weighted by atomic mass is 10.0. The number of amides is 2. The maximum Gasteiger partial charge on any atom is 0.251 e. The molecule has 1 aliphatic heterocycles. The number of hydrogen-bond acceptors (Lipinski definition) is 4. The molecule has 0 radical (unpaired) electrons. The fraction of sp³-hybridized carbons (Fsp3) is 0.300. The van der Waals surface area contributed by atoms with E-state index in [-0.39, 0.29) is 36.4 Å². The van der Waals surface area contributed by atoms with Crippen LogP contribution in [0.3, 0.4) is 0 Å². The molecular weight excluding hydrogens is 364 g/mol. The quantitative estimate of drug-likeness (QED) is 0.867. The lowest BCUT2D eigenvalue weighted by molar-refractivity contribution is -0.132. The Hall–Kier alpha value is -2.67. The topological polar surface area (TPSA) is 83.6 Å². The van der Waals surface area contributed by atoms with Gasteiger partial charge in [-0.15, -0.1) is 0 Å². The third-order valence-electron chi connectivity index (χ3n) is 4.63. The fourth-order valence-electron chi connectivity index (χ4n) is 2.99. The van der Waals surface area contributed by atoms with Crippen molar-refractivity contribution in [3.63, 3.8) is 0 Å². The molecule has 0 saturated carbocycles. The van der Waals surface area contributed by atoms with Crippen molar-refractivity contribution >= 4 is 21.7 Å². The van der Waals surface area contributed by atoms with Gasteiger partial charge >= 0.3 is 0 Å². The minimum absolute atomic E-state index is 0.0274. The van der Waals surface area contributed by atoms with E-state index in [1.807, 2.05) is 42.5 Å². The highest BCUT2D eigenvalue weighted by Crippen LogP contribution is 2.19. The molecule has 2 amide bonds. The smallest absolute Gasteiger partial charge is 0.251 e. The van der Waals surface area contributed by atoms with Gasteiger partial charge in [0.25, 0.3) is 5.91 Å². The monoisotopic (exact) mass is 386 g/mol. The molecule has 0 spiro atoms. The zero-order valence-corrected chi connectivity index (χ0v) is 15.9.